The molecule has 0 radical (unpaired) electrons. The first kappa shape index (κ1) is 24.9. The van der Waals surface area contributed by atoms with Crippen molar-refractivity contribution in [1.29, 1.82) is 0 Å². The molecule has 1 saturated heterocycles. The molecule has 5 rings (SSSR count). The number of fused-ring (bicyclic) bond motifs is 10. The highest BCUT2D eigenvalue weighted by molar-refractivity contribution is 7.61. The van der Waals surface area contributed by atoms with Crippen molar-refractivity contribution in [3.05, 3.63) is 27.1 Å². The van der Waals surface area contributed by atoms with E-state index in [1.165, 1.54) is 0 Å². The molecule has 19 nitrogen and oxygen atoms in total. The molecule has 21 heteroatoms. The highest BCUT2D eigenvalue weighted by atomic mass is 31.3. The summed E-state index contributed by atoms with van der Waals surface area (Å²) in [7, 11) is -10.3. The van der Waals surface area contributed by atoms with Crippen LogP contribution in [0.15, 0.2) is 16.2 Å². The zero-order valence-electron chi connectivity index (χ0n) is 16.8. The number of nitrogens with zero attached hydrogens (tertiary/aromatic N) is 7. The maximum Gasteiger partial charge on any atom is 0.481 e. The van der Waals surface area contributed by atoms with Gasteiger partial charge in [0, 0.05) is 4.91 Å². The Bertz CT molecular complexity index is 1290. The quantitative estimate of drug-likeness (QED) is 0.157. The number of rotatable bonds is 1. The smallest absolute Gasteiger partial charge is 0.387 e. The van der Waals surface area contributed by atoms with Gasteiger partial charge in [-0.3, -0.25) is 23.0 Å². The topological polar surface area (TPSA) is 263 Å². The van der Waals surface area contributed by atoms with Gasteiger partial charge in [0.25, 0.3) is 5.56 Å². The molecule has 6 bridgehead atoms. The van der Waals surface area contributed by atoms with Crippen molar-refractivity contribution >= 4 is 32.8 Å². The Kier molecular flexibility index (Phi) is 6.90. The van der Waals surface area contributed by atoms with Gasteiger partial charge in [-0.05, 0) is 10.6 Å². The number of aliphatic hydroxyl groups excluding tert-OH is 2. The standard InChI is InChI=1S/C13H17N7O12P2/c14-18-17-13-16-7-10-15-4-19(11(7)23)5-28-1-2-29-33(24,25)32-34(26,27)30-3-6-8(21)9(22)12(31-6)20(10)13/h4,6,8-9,12,21-22H,1-3,5H2,(H,24,25)(H,26,27)/t6-,8-,9-,12-/m1/s1. The third kappa shape index (κ3) is 4.92. The second kappa shape index (κ2) is 9.43. The minimum Gasteiger partial charge on any atom is -0.387 e. The van der Waals surface area contributed by atoms with Gasteiger partial charge in [0.1, 0.15) is 31.4 Å². The van der Waals surface area contributed by atoms with Crippen molar-refractivity contribution in [2.75, 3.05) is 19.8 Å². The lowest BCUT2D eigenvalue weighted by molar-refractivity contribution is -0.0497. The highest BCUT2D eigenvalue weighted by Gasteiger charge is 2.47. The third-order valence-electron chi connectivity index (χ3n) is 4.70. The van der Waals surface area contributed by atoms with Gasteiger partial charge in [-0.25, -0.2) is 19.1 Å². The van der Waals surface area contributed by atoms with Crippen LogP contribution in [-0.4, -0.2) is 77.2 Å². The molecule has 0 aliphatic carbocycles. The third-order valence-corrected chi connectivity index (χ3v) is 7.33. The normalized spacial score (nSPS) is 35.2. The van der Waals surface area contributed by atoms with E-state index >= 15 is 0 Å². The predicted octanol–water partition coefficient (Wildman–Crippen LogP) is -0.608. The lowest BCUT2D eigenvalue weighted by atomic mass is 10.1. The summed E-state index contributed by atoms with van der Waals surface area (Å²) < 4.78 is 49.8. The predicted molar refractivity (Wildman–Crippen MR) is 105 cm³/mol. The van der Waals surface area contributed by atoms with E-state index in [4.69, 9.17) is 15.0 Å². The Balaban J connectivity index is 1.78. The van der Waals surface area contributed by atoms with Gasteiger partial charge in [0.15, 0.2) is 17.4 Å². The van der Waals surface area contributed by atoms with Crippen LogP contribution in [0, 0.1) is 0 Å². The molecule has 2 aromatic rings. The number of azide groups is 1. The molecule has 1 fully saturated rings. The van der Waals surface area contributed by atoms with E-state index in [0.29, 0.717) is 0 Å². The molecule has 34 heavy (non-hydrogen) atoms. The van der Waals surface area contributed by atoms with E-state index in [1.54, 1.807) is 0 Å². The molecular weight excluding hydrogens is 508 g/mol. The van der Waals surface area contributed by atoms with Crippen LogP contribution in [0.2, 0.25) is 0 Å². The molecule has 0 aromatic carbocycles. The second-order valence-corrected chi connectivity index (χ2v) is 9.94. The Hall–Kier alpha value is -2.24. The fourth-order valence-corrected chi connectivity index (χ4v) is 5.29. The number of aliphatic hydroxyl groups is 2. The van der Waals surface area contributed by atoms with Crippen LogP contribution in [0.3, 0.4) is 0 Å². The average Bonchev–Trinajstić information content (AvgIpc) is 3.24. The Morgan fingerprint density at radius 3 is 2.65 bits per heavy atom. The maximum absolute atomic E-state index is 12.8. The van der Waals surface area contributed by atoms with E-state index in [9.17, 15) is 33.9 Å². The first-order valence-electron chi connectivity index (χ1n) is 9.31. The molecule has 0 spiro atoms. The Labute approximate surface area is 187 Å². The molecule has 3 aliphatic heterocycles. The van der Waals surface area contributed by atoms with Gasteiger partial charge in [-0.15, -0.1) is 0 Å². The number of hydrogen-bond donors (Lipinski definition) is 4. The summed E-state index contributed by atoms with van der Waals surface area (Å²) in [5.74, 6) is -0.428. The summed E-state index contributed by atoms with van der Waals surface area (Å²) in [5.41, 5.74) is 7.70. The lowest BCUT2D eigenvalue weighted by Crippen LogP contribution is -2.33. The van der Waals surface area contributed by atoms with Gasteiger partial charge >= 0.3 is 15.6 Å². The molecule has 3 aliphatic rings. The van der Waals surface area contributed by atoms with Crippen LogP contribution in [0.25, 0.3) is 21.6 Å². The molecule has 186 valence electrons. The SMILES string of the molecule is [N-]=[N+]=Nc1nc2c(=O)n3cnc2n1[C@@H]1O[C@H](COP(=O)(O)OP(=O)(O)OCCOC3)[C@@H](O)[C@H]1O. The van der Waals surface area contributed by atoms with Crippen LogP contribution >= 0.6 is 15.6 Å². The number of hydrogen-bond acceptors (Lipinski definition) is 13. The minimum absolute atomic E-state index is 0.164. The van der Waals surface area contributed by atoms with Crippen molar-refractivity contribution < 1.29 is 52.0 Å². The Morgan fingerprint density at radius 2 is 1.91 bits per heavy atom. The fraction of sp³-hybridized carbons (Fsp3) is 0.615. The Morgan fingerprint density at radius 1 is 1.18 bits per heavy atom. The second-order valence-electron chi connectivity index (χ2n) is 6.89. The zero-order chi connectivity index (χ0) is 24.7. The van der Waals surface area contributed by atoms with E-state index in [-0.39, 0.29) is 17.8 Å². The van der Waals surface area contributed by atoms with Crippen LogP contribution in [0.4, 0.5) is 5.95 Å². The summed E-state index contributed by atoms with van der Waals surface area (Å²) in [5, 5.41) is 24.2. The summed E-state index contributed by atoms with van der Waals surface area (Å²) in [6.45, 7) is -2.22. The molecule has 2 aromatic heterocycles. The number of phosphoric acid groups is 2. The summed E-state index contributed by atoms with van der Waals surface area (Å²) in [4.78, 5) is 42.7. The molecule has 4 N–H and O–H groups in total. The molecule has 0 amide bonds. The summed E-state index contributed by atoms with van der Waals surface area (Å²) >= 11 is 0. The zero-order valence-corrected chi connectivity index (χ0v) is 18.6. The van der Waals surface area contributed by atoms with Crippen molar-refractivity contribution in [2.45, 2.75) is 31.3 Å². The van der Waals surface area contributed by atoms with Gasteiger partial charge in [-0.2, -0.15) is 4.31 Å². The first-order chi connectivity index (χ1) is 16.0. The summed E-state index contributed by atoms with van der Waals surface area (Å²) in [6, 6.07) is 0. The lowest BCUT2D eigenvalue weighted by Gasteiger charge is -2.19. The molecular formula is C13H17N7O12P2. The fourth-order valence-electron chi connectivity index (χ4n) is 3.23. The van der Waals surface area contributed by atoms with Crippen molar-refractivity contribution in [3.8, 4) is 0 Å². The minimum atomic E-state index is -5.20. The number of phosphoric ester groups is 2. The molecule has 0 saturated carbocycles. The van der Waals surface area contributed by atoms with Crippen molar-refractivity contribution in [2.24, 2.45) is 5.11 Å². The average molecular weight is 525 g/mol. The van der Waals surface area contributed by atoms with Crippen molar-refractivity contribution in [1.82, 2.24) is 19.1 Å². The largest absolute Gasteiger partial charge is 0.481 e. The van der Waals surface area contributed by atoms with Gasteiger partial charge in [0.05, 0.1) is 19.8 Å². The molecule has 5 heterocycles. The van der Waals surface area contributed by atoms with E-state index in [2.05, 4.69) is 33.4 Å². The van der Waals surface area contributed by atoms with E-state index in [1.807, 2.05) is 0 Å². The van der Waals surface area contributed by atoms with Gasteiger partial charge in [-0.1, -0.05) is 0 Å². The van der Waals surface area contributed by atoms with Crippen LogP contribution in [0.5, 0.6) is 0 Å². The van der Waals surface area contributed by atoms with Crippen molar-refractivity contribution in [3.63, 3.8) is 0 Å². The van der Waals surface area contributed by atoms with Crippen LogP contribution < -0.4 is 5.56 Å². The number of ether oxygens (including phenoxy) is 2. The van der Waals surface area contributed by atoms with Gasteiger partial charge < -0.3 is 29.5 Å². The monoisotopic (exact) mass is 525 g/mol. The van der Waals surface area contributed by atoms with Crippen LogP contribution in [0.1, 0.15) is 6.23 Å². The number of aromatic nitrogens is 4. The van der Waals surface area contributed by atoms with Crippen LogP contribution in [-0.2, 0) is 38.7 Å². The number of imidazole rings is 1. The van der Waals surface area contributed by atoms with E-state index in [0.717, 1.165) is 15.5 Å². The van der Waals surface area contributed by atoms with E-state index < -0.39 is 71.6 Å². The first-order valence-corrected chi connectivity index (χ1v) is 12.3. The molecule has 2 unspecified atom stereocenters. The highest BCUT2D eigenvalue weighted by Crippen LogP contribution is 2.60. The maximum atomic E-state index is 12.8. The summed E-state index contributed by atoms with van der Waals surface area (Å²) in [6.07, 6.45) is -5.41. The van der Waals surface area contributed by atoms with Gasteiger partial charge in [0.2, 0.25) is 5.95 Å². The molecule has 6 atom stereocenters.